The van der Waals surface area contributed by atoms with Crippen molar-refractivity contribution in [3.8, 4) is 5.88 Å². The summed E-state index contributed by atoms with van der Waals surface area (Å²) in [5, 5.41) is 11.7. The van der Waals surface area contributed by atoms with Crippen LogP contribution in [0, 0.1) is 23.0 Å². The van der Waals surface area contributed by atoms with Gasteiger partial charge in [0.25, 0.3) is 5.88 Å². The number of aromatic nitrogens is 2. The number of ether oxygens (including phenoxy) is 2. The Labute approximate surface area is 168 Å². The molecule has 1 saturated heterocycles. The minimum atomic E-state index is -0.517. The summed E-state index contributed by atoms with van der Waals surface area (Å²) in [5.74, 6) is -0.255. The molecule has 1 aromatic heterocycles. The van der Waals surface area contributed by atoms with E-state index < -0.39 is 4.92 Å². The first-order valence-corrected chi connectivity index (χ1v) is 9.59. The molecule has 0 amide bonds. The molecule has 3 rings (SSSR count). The van der Waals surface area contributed by atoms with E-state index >= 15 is 0 Å². The second-order valence-electron chi connectivity index (χ2n) is 6.90. The van der Waals surface area contributed by atoms with E-state index in [1.807, 2.05) is 31.2 Å². The van der Waals surface area contributed by atoms with Crippen LogP contribution in [-0.2, 0) is 16.1 Å². The first-order valence-electron chi connectivity index (χ1n) is 9.59. The highest BCUT2D eigenvalue weighted by atomic mass is 16.6. The summed E-state index contributed by atoms with van der Waals surface area (Å²) in [7, 11) is 0. The summed E-state index contributed by atoms with van der Waals surface area (Å²) in [4.78, 5) is 33.1. The zero-order chi connectivity index (χ0) is 20.8. The van der Waals surface area contributed by atoms with Gasteiger partial charge in [0, 0.05) is 13.1 Å². The average molecular weight is 400 g/mol. The number of hydrogen-bond donors (Lipinski definition) is 0. The molecule has 1 aliphatic heterocycles. The standard InChI is InChI=1S/C20H24N4O5/c1-3-28-20(25)16-8-10-23(11-9-16)18-17(24(26)27)19(22-13-21-18)29-12-15-6-4-14(2)5-7-15/h4-7,13,16H,3,8-12H2,1-2H3. The third kappa shape index (κ3) is 4.98. The summed E-state index contributed by atoms with van der Waals surface area (Å²) in [6.07, 6.45) is 2.38. The second kappa shape index (κ2) is 9.31. The smallest absolute Gasteiger partial charge is 0.372 e. The molecule has 0 radical (unpaired) electrons. The lowest BCUT2D eigenvalue weighted by molar-refractivity contribution is -0.385. The van der Waals surface area contributed by atoms with Gasteiger partial charge in [0.1, 0.15) is 12.9 Å². The molecule has 1 aromatic carbocycles. The molecular weight excluding hydrogens is 376 g/mol. The van der Waals surface area contributed by atoms with E-state index in [1.165, 1.54) is 6.33 Å². The largest absolute Gasteiger partial charge is 0.468 e. The predicted octanol–water partition coefficient (Wildman–Crippen LogP) is 3.05. The van der Waals surface area contributed by atoms with Gasteiger partial charge < -0.3 is 14.4 Å². The van der Waals surface area contributed by atoms with Crippen molar-refractivity contribution in [1.29, 1.82) is 0 Å². The van der Waals surface area contributed by atoms with E-state index in [1.54, 1.807) is 11.8 Å². The molecule has 0 atom stereocenters. The van der Waals surface area contributed by atoms with Crippen LogP contribution >= 0.6 is 0 Å². The molecule has 29 heavy (non-hydrogen) atoms. The Kier molecular flexibility index (Phi) is 6.58. The van der Waals surface area contributed by atoms with E-state index in [2.05, 4.69) is 9.97 Å². The van der Waals surface area contributed by atoms with Crippen molar-refractivity contribution in [2.45, 2.75) is 33.3 Å². The van der Waals surface area contributed by atoms with Gasteiger partial charge in [-0.25, -0.2) is 4.98 Å². The molecule has 0 aliphatic carbocycles. The summed E-state index contributed by atoms with van der Waals surface area (Å²) < 4.78 is 10.7. The topological polar surface area (TPSA) is 108 Å². The molecule has 154 valence electrons. The lowest BCUT2D eigenvalue weighted by atomic mass is 9.97. The van der Waals surface area contributed by atoms with E-state index in [-0.39, 0.29) is 35.9 Å². The molecule has 2 aromatic rings. The van der Waals surface area contributed by atoms with Crippen LogP contribution in [-0.4, -0.2) is 40.6 Å². The van der Waals surface area contributed by atoms with Crippen LogP contribution in [0.4, 0.5) is 11.5 Å². The summed E-state index contributed by atoms with van der Waals surface area (Å²) in [6, 6.07) is 7.71. The van der Waals surface area contributed by atoms with Crippen LogP contribution in [0.25, 0.3) is 0 Å². The Hall–Kier alpha value is -3.23. The van der Waals surface area contributed by atoms with E-state index in [0.29, 0.717) is 32.5 Å². The van der Waals surface area contributed by atoms with Gasteiger partial charge in [0.05, 0.1) is 17.4 Å². The van der Waals surface area contributed by atoms with Crippen LogP contribution in [0.1, 0.15) is 30.9 Å². The Morgan fingerprint density at radius 3 is 2.55 bits per heavy atom. The number of benzene rings is 1. The number of anilines is 1. The quantitative estimate of drug-likeness (QED) is 0.396. The number of aryl methyl sites for hydroxylation is 1. The Morgan fingerprint density at radius 1 is 1.24 bits per heavy atom. The van der Waals surface area contributed by atoms with Crippen molar-refractivity contribution in [3.63, 3.8) is 0 Å². The summed E-state index contributed by atoms with van der Waals surface area (Å²) in [6.45, 7) is 5.21. The van der Waals surface area contributed by atoms with Crippen molar-refractivity contribution >= 4 is 17.5 Å². The van der Waals surface area contributed by atoms with E-state index in [9.17, 15) is 14.9 Å². The minimum Gasteiger partial charge on any atom is -0.468 e. The van der Waals surface area contributed by atoms with Crippen molar-refractivity contribution in [3.05, 3.63) is 51.8 Å². The number of carbonyl (C=O) groups is 1. The molecule has 0 saturated carbocycles. The fourth-order valence-electron chi connectivity index (χ4n) is 3.27. The summed E-state index contributed by atoms with van der Waals surface area (Å²) in [5.41, 5.74) is 1.75. The highest BCUT2D eigenvalue weighted by molar-refractivity contribution is 5.73. The van der Waals surface area contributed by atoms with Crippen LogP contribution < -0.4 is 9.64 Å². The molecule has 9 nitrogen and oxygen atoms in total. The Bertz CT molecular complexity index is 864. The zero-order valence-electron chi connectivity index (χ0n) is 16.5. The van der Waals surface area contributed by atoms with Gasteiger partial charge in [-0.3, -0.25) is 14.9 Å². The van der Waals surface area contributed by atoms with Crippen molar-refractivity contribution in [2.75, 3.05) is 24.6 Å². The first-order chi connectivity index (χ1) is 14.0. The molecule has 1 fully saturated rings. The van der Waals surface area contributed by atoms with E-state index in [0.717, 1.165) is 11.1 Å². The maximum Gasteiger partial charge on any atom is 0.372 e. The van der Waals surface area contributed by atoms with Crippen molar-refractivity contribution < 1.29 is 19.2 Å². The minimum absolute atomic E-state index is 0.0620. The number of esters is 1. The molecule has 0 N–H and O–H groups in total. The molecule has 9 heteroatoms. The Balaban J connectivity index is 1.74. The monoisotopic (exact) mass is 400 g/mol. The number of hydrogen-bond acceptors (Lipinski definition) is 8. The lowest BCUT2D eigenvalue weighted by Gasteiger charge is -2.31. The third-order valence-corrected chi connectivity index (χ3v) is 4.86. The van der Waals surface area contributed by atoms with Gasteiger partial charge in [-0.15, -0.1) is 0 Å². The number of nitrogens with zero attached hydrogens (tertiary/aromatic N) is 4. The molecular formula is C20H24N4O5. The highest BCUT2D eigenvalue weighted by Gasteiger charge is 2.32. The lowest BCUT2D eigenvalue weighted by Crippen LogP contribution is -2.37. The van der Waals surface area contributed by atoms with Gasteiger partial charge in [-0.05, 0) is 32.3 Å². The molecule has 0 spiro atoms. The maximum absolute atomic E-state index is 11.9. The van der Waals surface area contributed by atoms with Crippen molar-refractivity contribution in [2.24, 2.45) is 5.92 Å². The predicted molar refractivity (Wildman–Crippen MR) is 106 cm³/mol. The number of nitro groups is 1. The number of rotatable bonds is 7. The van der Waals surface area contributed by atoms with Crippen molar-refractivity contribution in [1.82, 2.24) is 9.97 Å². The Morgan fingerprint density at radius 2 is 1.93 bits per heavy atom. The van der Waals surface area contributed by atoms with Crippen LogP contribution in [0.2, 0.25) is 0 Å². The van der Waals surface area contributed by atoms with E-state index in [4.69, 9.17) is 9.47 Å². The normalized spacial score (nSPS) is 14.5. The van der Waals surface area contributed by atoms with Crippen LogP contribution in [0.15, 0.2) is 30.6 Å². The molecule has 0 bridgehead atoms. The molecule has 1 aliphatic rings. The number of carbonyl (C=O) groups excluding carboxylic acids is 1. The van der Waals surface area contributed by atoms with Gasteiger partial charge >= 0.3 is 11.7 Å². The van der Waals surface area contributed by atoms with Crippen LogP contribution in [0.5, 0.6) is 5.88 Å². The third-order valence-electron chi connectivity index (χ3n) is 4.86. The first kappa shape index (κ1) is 20.5. The highest BCUT2D eigenvalue weighted by Crippen LogP contribution is 2.35. The number of piperidine rings is 1. The van der Waals surface area contributed by atoms with Gasteiger partial charge in [-0.1, -0.05) is 29.8 Å². The average Bonchev–Trinajstić information content (AvgIpc) is 2.73. The zero-order valence-corrected chi connectivity index (χ0v) is 16.5. The fourth-order valence-corrected chi connectivity index (χ4v) is 3.27. The maximum atomic E-state index is 11.9. The van der Waals surface area contributed by atoms with Gasteiger partial charge in [0.15, 0.2) is 0 Å². The van der Waals surface area contributed by atoms with Gasteiger partial charge in [0.2, 0.25) is 5.82 Å². The molecule has 2 heterocycles. The van der Waals surface area contributed by atoms with Gasteiger partial charge in [-0.2, -0.15) is 4.98 Å². The SMILES string of the molecule is CCOC(=O)C1CCN(c2ncnc(OCc3ccc(C)cc3)c2[N+](=O)[O-])CC1. The molecule has 0 unspecified atom stereocenters. The second-order valence-corrected chi connectivity index (χ2v) is 6.90. The fraction of sp³-hybridized carbons (Fsp3) is 0.450. The van der Waals surface area contributed by atoms with Crippen LogP contribution in [0.3, 0.4) is 0 Å². The summed E-state index contributed by atoms with van der Waals surface area (Å²) >= 11 is 0.